The third kappa shape index (κ3) is 5.14. The average Bonchev–Trinajstić information content (AvgIpc) is 2.65. The smallest absolute Gasteiger partial charge is 0.393 e. The molecule has 92 valence electrons. The lowest BCUT2D eigenvalue weighted by Gasteiger charge is -2.05. The molecule has 0 saturated heterocycles. The first-order valence-corrected chi connectivity index (χ1v) is 5.52. The van der Waals surface area contributed by atoms with E-state index in [0.29, 0.717) is 31.8 Å². The van der Waals surface area contributed by atoms with E-state index in [0.717, 1.165) is 12.3 Å². The maximum atomic E-state index is 5.36. The maximum Gasteiger partial charge on any atom is 0.393 e. The van der Waals surface area contributed by atoms with Crippen LogP contribution in [0, 0.1) is 5.92 Å². The Morgan fingerprint density at radius 1 is 1.44 bits per heavy atom. The van der Waals surface area contributed by atoms with E-state index in [1.807, 2.05) is 7.05 Å². The van der Waals surface area contributed by atoms with Crippen molar-refractivity contribution in [3.8, 4) is 6.08 Å². The standard InChI is InChI=1S/C11H20N2O3/c1-9(2)7-14-4-5-15-11-13-10(6-12-3)8-16-11/h8-9,12H,4-7H2,1-3H3. The molecule has 0 aliphatic heterocycles. The number of hydrogen-bond acceptors (Lipinski definition) is 5. The van der Waals surface area contributed by atoms with Gasteiger partial charge in [0.1, 0.15) is 12.9 Å². The number of hydrogen-bond donors (Lipinski definition) is 1. The van der Waals surface area contributed by atoms with E-state index < -0.39 is 0 Å². The molecule has 0 amide bonds. The summed E-state index contributed by atoms with van der Waals surface area (Å²) in [4.78, 5) is 4.13. The predicted octanol–water partition coefficient (Wildman–Crippen LogP) is 1.45. The Labute approximate surface area is 96.1 Å². The van der Waals surface area contributed by atoms with Gasteiger partial charge in [-0.25, -0.2) is 0 Å². The predicted molar refractivity (Wildman–Crippen MR) is 60.4 cm³/mol. The minimum Gasteiger partial charge on any atom is -0.448 e. The second kappa shape index (κ2) is 7.24. The Bertz CT molecular complexity index is 287. The maximum absolute atomic E-state index is 5.36. The van der Waals surface area contributed by atoms with Gasteiger partial charge in [-0.3, -0.25) is 0 Å². The molecule has 0 unspecified atom stereocenters. The monoisotopic (exact) mass is 228 g/mol. The number of nitrogens with one attached hydrogen (secondary N) is 1. The molecule has 0 radical (unpaired) electrons. The molecule has 1 N–H and O–H groups in total. The van der Waals surface area contributed by atoms with Gasteiger partial charge in [-0.1, -0.05) is 13.8 Å². The number of aromatic nitrogens is 1. The van der Waals surface area contributed by atoms with E-state index in [9.17, 15) is 0 Å². The highest BCUT2D eigenvalue weighted by Crippen LogP contribution is 2.09. The molecule has 1 rings (SSSR count). The summed E-state index contributed by atoms with van der Waals surface area (Å²) >= 11 is 0. The van der Waals surface area contributed by atoms with Crippen molar-refractivity contribution in [2.45, 2.75) is 20.4 Å². The molecule has 1 aromatic rings. The van der Waals surface area contributed by atoms with Crippen LogP contribution in [0.1, 0.15) is 19.5 Å². The van der Waals surface area contributed by atoms with Crippen LogP contribution in [0.3, 0.4) is 0 Å². The van der Waals surface area contributed by atoms with Crippen LogP contribution < -0.4 is 10.1 Å². The van der Waals surface area contributed by atoms with Gasteiger partial charge >= 0.3 is 6.08 Å². The first-order valence-electron chi connectivity index (χ1n) is 5.52. The molecule has 1 aromatic heterocycles. The number of ether oxygens (including phenoxy) is 2. The summed E-state index contributed by atoms with van der Waals surface area (Å²) in [6.07, 6.45) is 1.89. The van der Waals surface area contributed by atoms with Gasteiger partial charge in [0.2, 0.25) is 0 Å². The summed E-state index contributed by atoms with van der Waals surface area (Å²) in [5.74, 6) is 0.545. The number of oxazole rings is 1. The first kappa shape index (κ1) is 13.0. The van der Waals surface area contributed by atoms with E-state index in [1.165, 1.54) is 0 Å². The summed E-state index contributed by atoms with van der Waals surface area (Å²) < 4.78 is 15.8. The van der Waals surface area contributed by atoms with Crippen molar-refractivity contribution in [2.24, 2.45) is 5.92 Å². The second-order valence-electron chi connectivity index (χ2n) is 3.95. The van der Waals surface area contributed by atoms with Crippen molar-refractivity contribution >= 4 is 0 Å². The topological polar surface area (TPSA) is 56.5 Å². The average molecular weight is 228 g/mol. The molecular weight excluding hydrogens is 208 g/mol. The summed E-state index contributed by atoms with van der Waals surface area (Å²) in [6.45, 7) is 6.67. The third-order valence-electron chi connectivity index (χ3n) is 1.79. The minimum absolute atomic E-state index is 0.304. The van der Waals surface area contributed by atoms with Gasteiger partial charge in [0.25, 0.3) is 0 Å². The Hall–Kier alpha value is -1.07. The molecule has 0 saturated carbocycles. The zero-order valence-corrected chi connectivity index (χ0v) is 10.2. The van der Waals surface area contributed by atoms with E-state index in [2.05, 4.69) is 24.1 Å². The fourth-order valence-electron chi connectivity index (χ4n) is 1.12. The highest BCUT2D eigenvalue weighted by Gasteiger charge is 2.03. The molecule has 16 heavy (non-hydrogen) atoms. The fraction of sp³-hybridized carbons (Fsp3) is 0.727. The van der Waals surface area contributed by atoms with Gasteiger partial charge in [0.15, 0.2) is 0 Å². The summed E-state index contributed by atoms with van der Waals surface area (Å²) in [5.41, 5.74) is 0.834. The van der Waals surface area contributed by atoms with Gasteiger partial charge in [-0.05, 0) is 13.0 Å². The van der Waals surface area contributed by atoms with Gasteiger partial charge in [0, 0.05) is 13.2 Å². The molecule has 1 heterocycles. The van der Waals surface area contributed by atoms with Crippen molar-refractivity contribution in [1.29, 1.82) is 0 Å². The first-order chi connectivity index (χ1) is 7.72. The van der Waals surface area contributed by atoms with Gasteiger partial charge in [0.05, 0.1) is 12.3 Å². The van der Waals surface area contributed by atoms with E-state index in [1.54, 1.807) is 6.26 Å². The SMILES string of the molecule is CNCc1coc(OCCOCC(C)C)n1. The summed E-state index contributed by atoms with van der Waals surface area (Å²) in [6, 6.07) is 0. The van der Waals surface area contributed by atoms with Crippen molar-refractivity contribution in [3.63, 3.8) is 0 Å². The quantitative estimate of drug-likeness (QED) is 0.682. The van der Waals surface area contributed by atoms with Crippen molar-refractivity contribution in [2.75, 3.05) is 26.9 Å². The van der Waals surface area contributed by atoms with Crippen LogP contribution in [-0.4, -0.2) is 31.9 Å². The highest BCUT2D eigenvalue weighted by atomic mass is 16.6. The highest BCUT2D eigenvalue weighted by molar-refractivity contribution is 4.99. The van der Waals surface area contributed by atoms with E-state index >= 15 is 0 Å². The van der Waals surface area contributed by atoms with E-state index in [-0.39, 0.29) is 0 Å². The molecule has 0 aliphatic carbocycles. The lowest BCUT2D eigenvalue weighted by Crippen LogP contribution is -2.10. The molecule has 5 nitrogen and oxygen atoms in total. The number of nitrogens with zero attached hydrogens (tertiary/aromatic N) is 1. The van der Waals surface area contributed by atoms with Crippen LogP contribution in [0.2, 0.25) is 0 Å². The Morgan fingerprint density at radius 2 is 2.25 bits per heavy atom. The molecule has 0 aliphatic rings. The van der Waals surface area contributed by atoms with Crippen molar-refractivity contribution < 1.29 is 13.9 Å². The molecule has 0 aromatic carbocycles. The van der Waals surface area contributed by atoms with Gasteiger partial charge < -0.3 is 19.2 Å². The van der Waals surface area contributed by atoms with Crippen LogP contribution in [0.25, 0.3) is 0 Å². The molecule has 0 fully saturated rings. The fourth-order valence-corrected chi connectivity index (χ4v) is 1.12. The second-order valence-corrected chi connectivity index (χ2v) is 3.95. The van der Waals surface area contributed by atoms with Crippen LogP contribution >= 0.6 is 0 Å². The zero-order chi connectivity index (χ0) is 11.8. The lowest BCUT2D eigenvalue weighted by atomic mass is 10.2. The number of rotatable bonds is 8. The van der Waals surface area contributed by atoms with Crippen LogP contribution in [0.5, 0.6) is 6.08 Å². The Kier molecular flexibility index (Phi) is 5.88. The summed E-state index contributed by atoms with van der Waals surface area (Å²) in [5, 5.41) is 2.98. The molecule has 0 bridgehead atoms. The van der Waals surface area contributed by atoms with Crippen LogP contribution in [-0.2, 0) is 11.3 Å². The molecule has 5 heteroatoms. The summed E-state index contributed by atoms with van der Waals surface area (Å²) in [7, 11) is 1.86. The Balaban J connectivity index is 2.12. The zero-order valence-electron chi connectivity index (χ0n) is 10.2. The van der Waals surface area contributed by atoms with Gasteiger partial charge in [-0.15, -0.1) is 0 Å². The molecule has 0 atom stereocenters. The van der Waals surface area contributed by atoms with Crippen molar-refractivity contribution in [3.05, 3.63) is 12.0 Å². The molecule has 0 spiro atoms. The van der Waals surface area contributed by atoms with Gasteiger partial charge in [-0.2, -0.15) is 4.98 Å². The largest absolute Gasteiger partial charge is 0.448 e. The van der Waals surface area contributed by atoms with E-state index in [4.69, 9.17) is 13.9 Å². The lowest BCUT2D eigenvalue weighted by molar-refractivity contribution is 0.0724. The van der Waals surface area contributed by atoms with Crippen LogP contribution in [0.15, 0.2) is 10.7 Å². The van der Waals surface area contributed by atoms with Crippen LogP contribution in [0.4, 0.5) is 0 Å². The minimum atomic E-state index is 0.304. The third-order valence-corrected chi connectivity index (χ3v) is 1.79. The Morgan fingerprint density at radius 3 is 2.94 bits per heavy atom. The van der Waals surface area contributed by atoms with Crippen molar-refractivity contribution in [1.82, 2.24) is 10.3 Å². The normalized spacial score (nSPS) is 11.0. The molecular formula is C11H20N2O3.